The zero-order chi connectivity index (χ0) is 21.1. The van der Waals surface area contributed by atoms with Gasteiger partial charge in [0.05, 0.1) is 16.8 Å². The third-order valence-electron chi connectivity index (χ3n) is 4.56. The molecule has 4 rings (SSSR count). The van der Waals surface area contributed by atoms with E-state index in [0.717, 1.165) is 14.5 Å². The van der Waals surface area contributed by atoms with Crippen LogP contribution < -0.4 is 0 Å². The third-order valence-corrected chi connectivity index (χ3v) is 5.58. The molecule has 0 saturated carbocycles. The van der Waals surface area contributed by atoms with Crippen LogP contribution in [-0.4, -0.2) is 23.3 Å². The number of pyridine rings is 1. The van der Waals surface area contributed by atoms with Gasteiger partial charge in [-0.05, 0) is 36.4 Å². The van der Waals surface area contributed by atoms with E-state index in [1.54, 1.807) is 24.3 Å². The van der Waals surface area contributed by atoms with E-state index in [0.29, 0.717) is 27.7 Å². The van der Waals surface area contributed by atoms with Crippen LogP contribution in [0.15, 0.2) is 87.8 Å². The molecule has 1 aromatic heterocycles. The Bertz CT molecular complexity index is 1250. The van der Waals surface area contributed by atoms with Crippen LogP contribution in [0.4, 0.5) is 0 Å². The molecule has 0 N–H and O–H groups in total. The SMILES string of the molecule is O=C(COC(=O)c1cc(-c2ccc(Br)cc2)nc2ccccc12)c1cccc(Br)c1. The minimum absolute atomic E-state index is 0.267. The maximum absolute atomic E-state index is 12.9. The average Bonchev–Trinajstić information content (AvgIpc) is 2.77. The molecule has 0 spiro atoms. The number of carbonyl (C=O) groups is 2. The highest BCUT2D eigenvalue weighted by molar-refractivity contribution is 9.10. The number of hydrogen-bond acceptors (Lipinski definition) is 4. The zero-order valence-electron chi connectivity index (χ0n) is 15.6. The van der Waals surface area contributed by atoms with Crippen LogP contribution in [-0.2, 0) is 4.74 Å². The van der Waals surface area contributed by atoms with Gasteiger partial charge >= 0.3 is 5.97 Å². The van der Waals surface area contributed by atoms with Crippen LogP contribution in [0.1, 0.15) is 20.7 Å². The van der Waals surface area contributed by atoms with Crippen molar-refractivity contribution in [3.63, 3.8) is 0 Å². The van der Waals surface area contributed by atoms with Gasteiger partial charge in [0.2, 0.25) is 0 Å². The first kappa shape index (κ1) is 20.4. The number of nitrogens with zero attached hydrogens (tertiary/aromatic N) is 1. The maximum Gasteiger partial charge on any atom is 0.339 e. The van der Waals surface area contributed by atoms with Gasteiger partial charge in [0.15, 0.2) is 12.4 Å². The van der Waals surface area contributed by atoms with Crippen molar-refractivity contribution in [1.29, 1.82) is 0 Å². The van der Waals surface area contributed by atoms with Crippen LogP contribution >= 0.6 is 31.9 Å². The van der Waals surface area contributed by atoms with E-state index >= 15 is 0 Å². The minimum atomic E-state index is -0.560. The number of benzene rings is 3. The lowest BCUT2D eigenvalue weighted by molar-refractivity contribution is 0.0476. The van der Waals surface area contributed by atoms with Gasteiger partial charge in [-0.1, -0.05) is 74.3 Å². The summed E-state index contributed by atoms with van der Waals surface area (Å²) in [6, 6.07) is 23.7. The predicted molar refractivity (Wildman–Crippen MR) is 124 cm³/mol. The quantitative estimate of drug-likeness (QED) is 0.222. The number of aromatic nitrogens is 1. The first-order valence-corrected chi connectivity index (χ1v) is 10.7. The van der Waals surface area contributed by atoms with Crippen LogP contribution in [0, 0.1) is 0 Å². The van der Waals surface area contributed by atoms with Crippen molar-refractivity contribution in [3.05, 3.63) is 98.9 Å². The molecule has 0 fully saturated rings. The Balaban J connectivity index is 1.64. The highest BCUT2D eigenvalue weighted by atomic mass is 79.9. The number of ether oxygens (including phenoxy) is 1. The predicted octanol–water partition coefficient (Wildman–Crippen LogP) is 6.47. The molecule has 0 aliphatic rings. The average molecular weight is 525 g/mol. The van der Waals surface area contributed by atoms with Crippen molar-refractivity contribution < 1.29 is 14.3 Å². The number of esters is 1. The van der Waals surface area contributed by atoms with Crippen LogP contribution in [0.3, 0.4) is 0 Å². The van der Waals surface area contributed by atoms with E-state index < -0.39 is 5.97 Å². The van der Waals surface area contributed by atoms with Gasteiger partial charge < -0.3 is 4.74 Å². The van der Waals surface area contributed by atoms with Crippen LogP contribution in [0.2, 0.25) is 0 Å². The number of Topliss-reactive ketones (excluding diaryl/α,β-unsaturated/α-hetero) is 1. The summed E-state index contributed by atoms with van der Waals surface area (Å²) in [5, 5.41) is 0.679. The maximum atomic E-state index is 12.9. The summed E-state index contributed by atoms with van der Waals surface area (Å²) < 4.78 is 7.11. The summed E-state index contributed by atoms with van der Waals surface area (Å²) in [5.74, 6) is -0.827. The standard InChI is InChI=1S/C24H15Br2NO3/c25-17-10-8-15(9-11-17)22-13-20(19-6-1-2-7-21(19)27-22)24(29)30-14-23(28)16-4-3-5-18(26)12-16/h1-13H,14H2. The van der Waals surface area contributed by atoms with Crippen LogP contribution in [0.25, 0.3) is 22.2 Å². The number of fused-ring (bicyclic) bond motifs is 1. The molecule has 148 valence electrons. The van der Waals surface area contributed by atoms with Crippen molar-refractivity contribution >= 4 is 54.5 Å². The topological polar surface area (TPSA) is 56.3 Å². The highest BCUT2D eigenvalue weighted by Gasteiger charge is 2.17. The van der Waals surface area contributed by atoms with Crippen molar-refractivity contribution in [2.24, 2.45) is 0 Å². The van der Waals surface area contributed by atoms with Crippen LogP contribution in [0.5, 0.6) is 0 Å². The normalized spacial score (nSPS) is 10.7. The Morgan fingerprint density at radius 1 is 0.833 bits per heavy atom. The van der Waals surface area contributed by atoms with Crippen molar-refractivity contribution in [1.82, 2.24) is 4.98 Å². The number of ketones is 1. The smallest absolute Gasteiger partial charge is 0.339 e. The fourth-order valence-electron chi connectivity index (χ4n) is 3.07. The third kappa shape index (κ3) is 4.50. The molecule has 0 amide bonds. The van der Waals surface area contributed by atoms with Gasteiger partial charge in [-0.15, -0.1) is 0 Å². The second-order valence-corrected chi connectivity index (χ2v) is 8.42. The molecule has 0 radical (unpaired) electrons. The molecule has 30 heavy (non-hydrogen) atoms. The van der Waals surface area contributed by atoms with E-state index in [1.807, 2.05) is 54.6 Å². The molecule has 4 aromatic rings. The molecule has 0 saturated heterocycles. The largest absolute Gasteiger partial charge is 0.454 e. The molecule has 0 bridgehead atoms. The Kier molecular flexibility index (Phi) is 6.06. The first-order valence-electron chi connectivity index (χ1n) is 9.13. The second kappa shape index (κ2) is 8.90. The summed E-state index contributed by atoms with van der Waals surface area (Å²) in [6.07, 6.45) is 0. The molecular weight excluding hydrogens is 510 g/mol. The second-order valence-electron chi connectivity index (χ2n) is 6.59. The van der Waals surface area contributed by atoms with Crippen molar-refractivity contribution in [2.45, 2.75) is 0 Å². The van der Waals surface area contributed by atoms with E-state index in [-0.39, 0.29) is 12.4 Å². The van der Waals surface area contributed by atoms with E-state index in [2.05, 4.69) is 36.8 Å². The molecule has 0 aliphatic carbocycles. The monoisotopic (exact) mass is 523 g/mol. The summed E-state index contributed by atoms with van der Waals surface area (Å²) in [7, 11) is 0. The van der Waals surface area contributed by atoms with E-state index in [1.165, 1.54) is 0 Å². The number of rotatable bonds is 5. The Morgan fingerprint density at radius 2 is 1.60 bits per heavy atom. The Hall–Kier alpha value is -2.83. The molecule has 0 unspecified atom stereocenters. The van der Waals surface area contributed by atoms with Gasteiger partial charge in [-0.25, -0.2) is 9.78 Å². The summed E-state index contributed by atoms with van der Waals surface area (Å²) >= 11 is 6.76. The van der Waals surface area contributed by atoms with E-state index in [9.17, 15) is 9.59 Å². The molecular formula is C24H15Br2NO3. The summed E-state index contributed by atoms with van der Waals surface area (Å²) in [6.45, 7) is -0.334. The van der Waals surface area contributed by atoms with E-state index in [4.69, 9.17) is 4.74 Å². The number of carbonyl (C=O) groups excluding carboxylic acids is 2. The lowest BCUT2D eigenvalue weighted by atomic mass is 10.0. The minimum Gasteiger partial charge on any atom is -0.454 e. The Morgan fingerprint density at radius 3 is 2.37 bits per heavy atom. The molecule has 0 atom stereocenters. The number of para-hydroxylation sites is 1. The fourth-order valence-corrected chi connectivity index (χ4v) is 3.73. The molecule has 6 heteroatoms. The Labute approximate surface area is 190 Å². The molecule has 4 nitrogen and oxygen atoms in total. The van der Waals surface area contributed by atoms with Crippen molar-refractivity contribution in [3.8, 4) is 11.3 Å². The van der Waals surface area contributed by atoms with Gasteiger partial charge in [-0.2, -0.15) is 0 Å². The summed E-state index contributed by atoms with van der Waals surface area (Å²) in [4.78, 5) is 30.0. The highest BCUT2D eigenvalue weighted by Crippen LogP contribution is 2.26. The fraction of sp³-hybridized carbons (Fsp3) is 0.0417. The first-order chi connectivity index (χ1) is 14.5. The lowest BCUT2D eigenvalue weighted by Crippen LogP contribution is -2.15. The zero-order valence-corrected chi connectivity index (χ0v) is 18.8. The van der Waals surface area contributed by atoms with Gasteiger partial charge in [0.1, 0.15) is 0 Å². The summed E-state index contributed by atoms with van der Waals surface area (Å²) in [5.41, 5.74) is 3.07. The van der Waals surface area contributed by atoms with Gasteiger partial charge in [-0.3, -0.25) is 4.79 Å². The molecule has 1 heterocycles. The van der Waals surface area contributed by atoms with Gasteiger partial charge in [0, 0.05) is 25.5 Å². The molecule has 0 aliphatic heterocycles. The number of hydrogen-bond donors (Lipinski definition) is 0. The lowest BCUT2D eigenvalue weighted by Gasteiger charge is -2.10. The molecule has 3 aromatic carbocycles. The van der Waals surface area contributed by atoms with Crippen molar-refractivity contribution in [2.75, 3.05) is 6.61 Å². The number of halogens is 2. The van der Waals surface area contributed by atoms with Gasteiger partial charge in [0.25, 0.3) is 0 Å².